The zero-order valence-electron chi connectivity index (χ0n) is 29.9. The van der Waals surface area contributed by atoms with Crippen LogP contribution in [0.4, 0.5) is 17.1 Å². The number of benzene rings is 9. The quantitative estimate of drug-likeness (QED) is 0.172. The van der Waals surface area contributed by atoms with Gasteiger partial charge in [0.2, 0.25) is 0 Å². The van der Waals surface area contributed by atoms with Crippen LogP contribution < -0.4 is 4.90 Å². The van der Waals surface area contributed by atoms with Crippen molar-refractivity contribution < 1.29 is 4.42 Å². The smallest absolute Gasteiger partial charge is 0.137 e. The fourth-order valence-electron chi connectivity index (χ4n) is 8.50. The molecular weight excluding hydrogens is 669 g/mol. The first-order chi connectivity index (χ1) is 27.3. The molecule has 0 aliphatic heterocycles. The highest BCUT2D eigenvalue weighted by atomic mass is 16.3. The first-order valence-corrected chi connectivity index (χ1v) is 18.8. The van der Waals surface area contributed by atoms with E-state index in [1.54, 1.807) is 0 Å². The van der Waals surface area contributed by atoms with Gasteiger partial charge in [-0.1, -0.05) is 152 Å². The fraction of sp³-hybridized carbons (Fsp3) is 0. The minimum atomic E-state index is 0.877. The molecule has 0 N–H and O–H groups in total. The van der Waals surface area contributed by atoms with E-state index in [4.69, 9.17) is 4.42 Å². The summed E-state index contributed by atoms with van der Waals surface area (Å²) in [4.78, 5) is 2.45. The molecule has 0 aliphatic carbocycles. The third-order valence-electron chi connectivity index (χ3n) is 11.0. The molecule has 0 saturated heterocycles. The summed E-state index contributed by atoms with van der Waals surface area (Å²) in [5.41, 5.74) is 13.1. The van der Waals surface area contributed by atoms with Crippen LogP contribution in [0.1, 0.15) is 0 Å². The highest BCUT2D eigenvalue weighted by Gasteiger charge is 2.24. The summed E-state index contributed by atoms with van der Waals surface area (Å²) in [5.74, 6) is 0. The Labute approximate surface area is 318 Å². The topological polar surface area (TPSA) is 21.3 Å². The predicted octanol–water partition coefficient (Wildman–Crippen LogP) is 14.6. The number of nitrogens with zero attached hydrogens (tertiary/aromatic N) is 2. The van der Waals surface area contributed by atoms with Gasteiger partial charge in [0.15, 0.2) is 0 Å². The molecule has 0 amide bonds. The molecule has 9 aromatic carbocycles. The zero-order chi connectivity index (χ0) is 36.3. The largest absolute Gasteiger partial charge is 0.456 e. The molecule has 0 atom stereocenters. The summed E-state index contributed by atoms with van der Waals surface area (Å²) in [6.45, 7) is 0. The Balaban J connectivity index is 1.22. The van der Waals surface area contributed by atoms with Crippen LogP contribution in [-0.4, -0.2) is 4.57 Å². The highest BCUT2D eigenvalue weighted by Crippen LogP contribution is 2.48. The van der Waals surface area contributed by atoms with Crippen LogP contribution in [0.25, 0.3) is 82.5 Å². The standard InChI is InChI=1S/C52H34N2O/c1-3-15-35(16-4-1)36-27-29-38(30-28-36)53(46-24-12-9-19-40(46)37-17-5-2-6-18-37)48-34-49-52(44-22-8-7-20-41(44)48)45-23-10-13-25-47(45)54(49)39-31-32-43-42-21-11-14-26-50(42)55-51(43)33-39/h1-34H. The first-order valence-electron chi connectivity index (χ1n) is 18.8. The number of anilines is 3. The number of rotatable bonds is 6. The number of furan rings is 1. The van der Waals surface area contributed by atoms with Crippen LogP contribution in [0.2, 0.25) is 0 Å². The van der Waals surface area contributed by atoms with Crippen molar-refractivity contribution >= 4 is 71.6 Å². The SMILES string of the molecule is c1ccc(-c2ccc(N(c3ccccc3-c3ccccc3)c3cc4c(c5ccccc35)c3ccccc3n4-c3ccc4c(c3)oc3ccccc34)cc2)cc1. The molecule has 0 spiro atoms. The van der Waals surface area contributed by atoms with Gasteiger partial charge in [-0.3, -0.25) is 0 Å². The van der Waals surface area contributed by atoms with Crippen LogP contribution in [0.5, 0.6) is 0 Å². The van der Waals surface area contributed by atoms with Crippen molar-refractivity contribution in [3.8, 4) is 27.9 Å². The first kappa shape index (κ1) is 31.2. The third kappa shape index (κ3) is 5.05. The highest BCUT2D eigenvalue weighted by molar-refractivity contribution is 6.25. The van der Waals surface area contributed by atoms with Gasteiger partial charge in [-0.05, 0) is 70.6 Å². The van der Waals surface area contributed by atoms with E-state index in [0.717, 1.165) is 61.3 Å². The second kappa shape index (κ2) is 12.6. The summed E-state index contributed by atoms with van der Waals surface area (Å²) in [6, 6.07) is 74.0. The molecular formula is C52H34N2O. The van der Waals surface area contributed by atoms with E-state index in [0.29, 0.717) is 0 Å². The molecule has 2 aromatic heterocycles. The van der Waals surface area contributed by atoms with Gasteiger partial charge >= 0.3 is 0 Å². The Kier molecular flexibility index (Phi) is 7.17. The Hall–Kier alpha value is -7.36. The molecule has 11 aromatic rings. The monoisotopic (exact) mass is 702 g/mol. The fourth-order valence-corrected chi connectivity index (χ4v) is 8.50. The van der Waals surface area contributed by atoms with E-state index in [9.17, 15) is 0 Å². The van der Waals surface area contributed by atoms with E-state index < -0.39 is 0 Å². The van der Waals surface area contributed by atoms with Crippen molar-refractivity contribution in [2.45, 2.75) is 0 Å². The van der Waals surface area contributed by atoms with E-state index >= 15 is 0 Å². The summed E-state index contributed by atoms with van der Waals surface area (Å²) in [5, 5.41) is 7.08. The van der Waals surface area contributed by atoms with Crippen molar-refractivity contribution in [3.05, 3.63) is 206 Å². The van der Waals surface area contributed by atoms with E-state index in [1.807, 2.05) is 12.1 Å². The Bertz CT molecular complexity index is 3190. The van der Waals surface area contributed by atoms with Crippen molar-refractivity contribution in [2.24, 2.45) is 0 Å². The van der Waals surface area contributed by atoms with Gasteiger partial charge in [0.05, 0.1) is 22.4 Å². The van der Waals surface area contributed by atoms with Crippen LogP contribution >= 0.6 is 0 Å². The normalized spacial score (nSPS) is 11.6. The molecule has 0 bridgehead atoms. The molecule has 0 unspecified atom stereocenters. The van der Waals surface area contributed by atoms with Gasteiger partial charge in [0.1, 0.15) is 11.2 Å². The van der Waals surface area contributed by atoms with Gasteiger partial charge < -0.3 is 13.9 Å². The molecule has 258 valence electrons. The van der Waals surface area contributed by atoms with Gasteiger partial charge in [-0.2, -0.15) is 0 Å². The lowest BCUT2D eigenvalue weighted by molar-refractivity contribution is 0.668. The Morgan fingerprint density at radius 3 is 1.76 bits per heavy atom. The molecule has 0 aliphatic rings. The minimum Gasteiger partial charge on any atom is -0.456 e. The number of fused-ring (bicyclic) bond motifs is 8. The number of hydrogen-bond donors (Lipinski definition) is 0. The minimum absolute atomic E-state index is 0.877. The molecule has 11 rings (SSSR count). The van der Waals surface area contributed by atoms with Gasteiger partial charge in [-0.25, -0.2) is 0 Å². The van der Waals surface area contributed by atoms with Gasteiger partial charge in [0, 0.05) is 49.9 Å². The maximum absolute atomic E-state index is 6.44. The predicted molar refractivity (Wildman–Crippen MR) is 231 cm³/mol. The lowest BCUT2D eigenvalue weighted by Gasteiger charge is -2.29. The number of para-hydroxylation sites is 3. The molecule has 55 heavy (non-hydrogen) atoms. The molecule has 0 fully saturated rings. The molecule has 3 heteroatoms. The average molecular weight is 703 g/mol. The van der Waals surface area contributed by atoms with Gasteiger partial charge in [0.25, 0.3) is 0 Å². The molecule has 0 saturated carbocycles. The number of aromatic nitrogens is 1. The second-order valence-electron chi connectivity index (χ2n) is 14.1. The Morgan fingerprint density at radius 2 is 0.964 bits per heavy atom. The number of hydrogen-bond acceptors (Lipinski definition) is 2. The second-order valence-corrected chi connectivity index (χ2v) is 14.1. The molecule has 3 nitrogen and oxygen atoms in total. The van der Waals surface area contributed by atoms with E-state index in [1.165, 1.54) is 38.2 Å². The Morgan fingerprint density at radius 1 is 0.364 bits per heavy atom. The van der Waals surface area contributed by atoms with E-state index in [-0.39, 0.29) is 0 Å². The maximum Gasteiger partial charge on any atom is 0.137 e. The molecule has 0 radical (unpaired) electrons. The van der Waals surface area contributed by atoms with E-state index in [2.05, 4.69) is 204 Å². The summed E-state index contributed by atoms with van der Waals surface area (Å²) < 4.78 is 8.85. The van der Waals surface area contributed by atoms with Crippen molar-refractivity contribution in [1.82, 2.24) is 4.57 Å². The van der Waals surface area contributed by atoms with Crippen molar-refractivity contribution in [2.75, 3.05) is 4.90 Å². The zero-order valence-corrected chi connectivity index (χ0v) is 29.9. The third-order valence-corrected chi connectivity index (χ3v) is 11.0. The van der Waals surface area contributed by atoms with Crippen LogP contribution in [0, 0.1) is 0 Å². The maximum atomic E-state index is 6.44. The lowest BCUT2D eigenvalue weighted by atomic mass is 9.98. The average Bonchev–Trinajstić information content (AvgIpc) is 3.80. The lowest BCUT2D eigenvalue weighted by Crippen LogP contribution is -2.12. The van der Waals surface area contributed by atoms with Crippen LogP contribution in [0.3, 0.4) is 0 Å². The van der Waals surface area contributed by atoms with Crippen LogP contribution in [0.15, 0.2) is 211 Å². The molecule has 2 heterocycles. The summed E-state index contributed by atoms with van der Waals surface area (Å²) in [6.07, 6.45) is 0. The van der Waals surface area contributed by atoms with Crippen molar-refractivity contribution in [3.63, 3.8) is 0 Å². The van der Waals surface area contributed by atoms with Crippen LogP contribution in [-0.2, 0) is 0 Å². The van der Waals surface area contributed by atoms with Crippen molar-refractivity contribution in [1.29, 1.82) is 0 Å². The summed E-state index contributed by atoms with van der Waals surface area (Å²) >= 11 is 0. The summed E-state index contributed by atoms with van der Waals surface area (Å²) in [7, 11) is 0. The van der Waals surface area contributed by atoms with Gasteiger partial charge in [-0.15, -0.1) is 0 Å².